The molecule has 0 aliphatic carbocycles. The van der Waals surface area contributed by atoms with Gasteiger partial charge < -0.3 is 14.7 Å². The first-order chi connectivity index (χ1) is 12.1. The lowest BCUT2D eigenvalue weighted by atomic mass is 10.1. The maximum absolute atomic E-state index is 12.8. The molecule has 1 N–H and O–H groups in total. The first-order valence-electron chi connectivity index (χ1n) is 7.85. The monoisotopic (exact) mass is 334 g/mol. The molecule has 0 bridgehead atoms. The molecule has 5 nitrogen and oxygen atoms in total. The molecule has 3 rings (SSSR count). The van der Waals surface area contributed by atoms with E-state index < -0.39 is 0 Å². The Kier molecular flexibility index (Phi) is 4.95. The number of nitrogens with zero attached hydrogens (tertiary/aromatic N) is 2. The summed E-state index contributed by atoms with van der Waals surface area (Å²) in [4.78, 5) is 18.5. The molecule has 126 valence electrons. The van der Waals surface area contributed by atoms with Crippen LogP contribution in [0.5, 0.6) is 17.4 Å². The van der Waals surface area contributed by atoms with Gasteiger partial charge in [-0.15, -0.1) is 0 Å². The first-order valence-corrected chi connectivity index (χ1v) is 7.85. The molecule has 1 aromatic heterocycles. The van der Waals surface area contributed by atoms with E-state index in [1.165, 1.54) is 4.90 Å². The van der Waals surface area contributed by atoms with Crippen molar-refractivity contribution in [2.75, 3.05) is 7.05 Å². The third kappa shape index (κ3) is 3.95. The molecule has 25 heavy (non-hydrogen) atoms. The van der Waals surface area contributed by atoms with Crippen LogP contribution in [-0.2, 0) is 6.54 Å². The van der Waals surface area contributed by atoms with Crippen molar-refractivity contribution in [1.29, 1.82) is 0 Å². The van der Waals surface area contributed by atoms with Gasteiger partial charge in [-0.2, -0.15) is 0 Å². The first kappa shape index (κ1) is 16.5. The highest BCUT2D eigenvalue weighted by atomic mass is 16.5. The second-order valence-electron chi connectivity index (χ2n) is 5.56. The minimum absolute atomic E-state index is 0.161. The minimum atomic E-state index is -0.234. The summed E-state index contributed by atoms with van der Waals surface area (Å²) < 4.78 is 5.75. The number of ether oxygens (including phenoxy) is 1. The Bertz CT molecular complexity index is 866. The largest absolute Gasteiger partial charge is 0.508 e. The van der Waals surface area contributed by atoms with Crippen molar-refractivity contribution in [2.45, 2.75) is 6.54 Å². The van der Waals surface area contributed by atoms with Crippen molar-refractivity contribution < 1.29 is 14.6 Å². The topological polar surface area (TPSA) is 62.7 Å². The normalized spacial score (nSPS) is 10.3. The fraction of sp³-hybridized carbons (Fsp3) is 0.100. The smallest absolute Gasteiger partial charge is 0.259 e. The van der Waals surface area contributed by atoms with Gasteiger partial charge in [0.05, 0.1) is 0 Å². The van der Waals surface area contributed by atoms with E-state index in [2.05, 4.69) is 4.98 Å². The molecule has 0 atom stereocenters. The Morgan fingerprint density at radius 3 is 2.52 bits per heavy atom. The summed E-state index contributed by atoms with van der Waals surface area (Å²) >= 11 is 0. The number of carbonyl (C=O) groups is 1. The van der Waals surface area contributed by atoms with Crippen LogP contribution in [0.2, 0.25) is 0 Å². The van der Waals surface area contributed by atoms with Crippen LogP contribution >= 0.6 is 0 Å². The van der Waals surface area contributed by atoms with Crippen LogP contribution in [0.4, 0.5) is 0 Å². The van der Waals surface area contributed by atoms with Crippen LogP contribution in [0.3, 0.4) is 0 Å². The second-order valence-corrected chi connectivity index (χ2v) is 5.56. The van der Waals surface area contributed by atoms with E-state index in [4.69, 9.17) is 4.74 Å². The lowest BCUT2D eigenvalue weighted by Crippen LogP contribution is -2.26. The Labute approximate surface area is 146 Å². The summed E-state index contributed by atoms with van der Waals surface area (Å²) in [5.41, 5.74) is 1.04. The molecule has 0 aliphatic rings. The van der Waals surface area contributed by atoms with Gasteiger partial charge in [0.15, 0.2) is 0 Å². The van der Waals surface area contributed by atoms with Gasteiger partial charge in [0.1, 0.15) is 17.1 Å². The molecule has 1 amide bonds. The minimum Gasteiger partial charge on any atom is -0.508 e. The van der Waals surface area contributed by atoms with E-state index in [-0.39, 0.29) is 24.1 Å². The van der Waals surface area contributed by atoms with Crippen molar-refractivity contribution >= 4 is 5.91 Å². The average molecular weight is 334 g/mol. The zero-order valence-corrected chi connectivity index (χ0v) is 13.8. The number of aromatic hydroxyl groups is 1. The van der Waals surface area contributed by atoms with Gasteiger partial charge in [-0.1, -0.05) is 36.4 Å². The summed E-state index contributed by atoms with van der Waals surface area (Å²) in [6, 6.07) is 19.5. The number of pyridine rings is 1. The van der Waals surface area contributed by atoms with Gasteiger partial charge in [-0.3, -0.25) is 4.79 Å². The lowest BCUT2D eigenvalue weighted by molar-refractivity contribution is 0.0781. The van der Waals surface area contributed by atoms with Crippen molar-refractivity contribution in [3.8, 4) is 17.4 Å². The van der Waals surface area contributed by atoms with Crippen LogP contribution in [0, 0.1) is 0 Å². The number of carbonyl (C=O) groups excluding carboxylic acids is 1. The molecule has 0 aliphatic heterocycles. The number of hydrogen-bond donors (Lipinski definition) is 1. The molecule has 0 spiro atoms. The highest BCUT2D eigenvalue weighted by Crippen LogP contribution is 2.24. The number of rotatable bonds is 5. The fourth-order valence-electron chi connectivity index (χ4n) is 2.41. The molecule has 0 saturated heterocycles. The summed E-state index contributed by atoms with van der Waals surface area (Å²) in [5.74, 6) is 0.790. The number of para-hydroxylation sites is 2. The van der Waals surface area contributed by atoms with Gasteiger partial charge in [0.25, 0.3) is 5.91 Å². The molecule has 0 unspecified atom stereocenters. The zero-order valence-electron chi connectivity index (χ0n) is 13.8. The fourth-order valence-corrected chi connectivity index (χ4v) is 2.41. The van der Waals surface area contributed by atoms with E-state index >= 15 is 0 Å². The number of hydrogen-bond acceptors (Lipinski definition) is 4. The number of benzene rings is 2. The third-order valence-electron chi connectivity index (χ3n) is 3.71. The Morgan fingerprint density at radius 2 is 1.76 bits per heavy atom. The van der Waals surface area contributed by atoms with E-state index in [1.54, 1.807) is 55.7 Å². The highest BCUT2D eigenvalue weighted by Gasteiger charge is 2.19. The standard InChI is InChI=1S/C20H18N2O3/c1-22(14-15-8-5-6-12-18(15)23)20(24)17-11-7-13-21-19(17)25-16-9-3-2-4-10-16/h2-13,23H,14H2,1H3. The second kappa shape index (κ2) is 7.49. The number of phenols is 1. The van der Waals surface area contributed by atoms with E-state index in [0.717, 1.165) is 0 Å². The van der Waals surface area contributed by atoms with Crippen LogP contribution in [0.15, 0.2) is 72.9 Å². The SMILES string of the molecule is CN(Cc1ccccc1O)C(=O)c1cccnc1Oc1ccccc1. The molecular formula is C20H18N2O3. The van der Waals surface area contributed by atoms with Crippen LogP contribution in [0.1, 0.15) is 15.9 Å². The van der Waals surface area contributed by atoms with Gasteiger partial charge in [0.2, 0.25) is 5.88 Å². The Balaban J connectivity index is 1.81. The molecule has 3 aromatic rings. The van der Waals surface area contributed by atoms with Gasteiger partial charge >= 0.3 is 0 Å². The van der Waals surface area contributed by atoms with E-state index in [9.17, 15) is 9.90 Å². The van der Waals surface area contributed by atoms with Crippen LogP contribution in [0.25, 0.3) is 0 Å². The number of phenolic OH excluding ortho intramolecular Hbond substituents is 1. The van der Waals surface area contributed by atoms with Crippen molar-refractivity contribution in [1.82, 2.24) is 9.88 Å². The summed E-state index contributed by atoms with van der Waals surface area (Å²) in [7, 11) is 1.67. The van der Waals surface area contributed by atoms with Crippen LogP contribution < -0.4 is 4.74 Å². The van der Waals surface area contributed by atoms with Crippen LogP contribution in [-0.4, -0.2) is 27.9 Å². The van der Waals surface area contributed by atoms with E-state index in [0.29, 0.717) is 16.9 Å². The quantitative estimate of drug-likeness (QED) is 0.770. The Morgan fingerprint density at radius 1 is 1.04 bits per heavy atom. The zero-order chi connectivity index (χ0) is 17.6. The predicted molar refractivity (Wildman–Crippen MR) is 94.7 cm³/mol. The third-order valence-corrected chi connectivity index (χ3v) is 3.71. The summed E-state index contributed by atoms with van der Waals surface area (Å²) in [6.45, 7) is 0.283. The number of aromatic nitrogens is 1. The van der Waals surface area contributed by atoms with Crippen molar-refractivity contribution in [3.63, 3.8) is 0 Å². The molecule has 5 heteroatoms. The molecular weight excluding hydrogens is 316 g/mol. The maximum Gasteiger partial charge on any atom is 0.259 e. The Hall–Kier alpha value is -3.34. The molecule has 0 saturated carbocycles. The van der Waals surface area contributed by atoms with Gasteiger partial charge in [-0.05, 0) is 30.3 Å². The van der Waals surface area contributed by atoms with Gasteiger partial charge in [0, 0.05) is 25.4 Å². The molecule has 0 radical (unpaired) electrons. The maximum atomic E-state index is 12.8. The summed E-state index contributed by atoms with van der Waals surface area (Å²) in [5, 5.41) is 9.89. The molecule has 0 fully saturated rings. The highest BCUT2D eigenvalue weighted by molar-refractivity contribution is 5.96. The molecule has 1 heterocycles. The molecule has 2 aromatic carbocycles. The average Bonchev–Trinajstić information content (AvgIpc) is 2.64. The van der Waals surface area contributed by atoms with E-state index in [1.807, 2.05) is 24.3 Å². The van der Waals surface area contributed by atoms with Gasteiger partial charge in [-0.25, -0.2) is 4.98 Å². The predicted octanol–water partition coefficient (Wildman–Crippen LogP) is 3.85. The van der Waals surface area contributed by atoms with Crippen molar-refractivity contribution in [2.24, 2.45) is 0 Å². The number of amides is 1. The van der Waals surface area contributed by atoms with Crippen molar-refractivity contribution in [3.05, 3.63) is 84.1 Å². The summed E-state index contributed by atoms with van der Waals surface area (Å²) in [6.07, 6.45) is 1.58. The lowest BCUT2D eigenvalue weighted by Gasteiger charge is -2.19.